The van der Waals surface area contributed by atoms with Crippen LogP contribution in [0.2, 0.25) is 0 Å². The molecule has 0 fully saturated rings. The van der Waals surface area contributed by atoms with Gasteiger partial charge in [0.05, 0.1) is 6.61 Å². The molecule has 2 rings (SSSR count). The van der Waals surface area contributed by atoms with Gasteiger partial charge in [-0.05, 0) is 43.2 Å². The van der Waals surface area contributed by atoms with Crippen molar-refractivity contribution >= 4 is 5.97 Å². The van der Waals surface area contributed by atoms with E-state index >= 15 is 0 Å². The van der Waals surface area contributed by atoms with E-state index in [2.05, 4.69) is 0 Å². The third-order valence-corrected chi connectivity index (χ3v) is 3.29. The van der Waals surface area contributed by atoms with Crippen molar-refractivity contribution in [2.24, 2.45) is 0 Å². The summed E-state index contributed by atoms with van der Waals surface area (Å²) in [5, 5.41) is 8.77. The smallest absolute Gasteiger partial charge is 0.303 e. The molecule has 1 N–H and O–H groups in total. The van der Waals surface area contributed by atoms with E-state index in [1.807, 2.05) is 55.5 Å². The summed E-state index contributed by atoms with van der Waals surface area (Å²) in [4.78, 5) is 10.7. The fourth-order valence-electron chi connectivity index (χ4n) is 2.17. The molecule has 0 bridgehead atoms. The number of para-hydroxylation sites is 1. The summed E-state index contributed by atoms with van der Waals surface area (Å²) in [7, 11) is 0. The molecular formula is C19H22O5. The van der Waals surface area contributed by atoms with Gasteiger partial charge in [-0.15, -0.1) is 0 Å². The number of hydrogen-bond donors (Lipinski definition) is 1. The molecule has 128 valence electrons. The van der Waals surface area contributed by atoms with Crippen LogP contribution in [0.15, 0.2) is 48.5 Å². The minimum Gasteiger partial charge on any atom is -0.490 e. The highest BCUT2D eigenvalue weighted by molar-refractivity contribution is 5.67. The van der Waals surface area contributed by atoms with E-state index < -0.39 is 5.97 Å². The van der Waals surface area contributed by atoms with Gasteiger partial charge in [0.1, 0.15) is 19.0 Å². The first-order valence-electron chi connectivity index (χ1n) is 7.97. The Morgan fingerprint density at radius 3 is 2.42 bits per heavy atom. The van der Waals surface area contributed by atoms with Gasteiger partial charge >= 0.3 is 5.97 Å². The Morgan fingerprint density at radius 2 is 1.71 bits per heavy atom. The molecule has 5 nitrogen and oxygen atoms in total. The summed E-state index contributed by atoms with van der Waals surface area (Å²) in [6.45, 7) is 3.23. The van der Waals surface area contributed by atoms with Crippen LogP contribution >= 0.6 is 0 Å². The number of hydrogen-bond acceptors (Lipinski definition) is 4. The number of rotatable bonds is 10. The topological polar surface area (TPSA) is 65.0 Å². The largest absolute Gasteiger partial charge is 0.490 e. The Hall–Kier alpha value is -2.69. The van der Waals surface area contributed by atoms with Gasteiger partial charge in [-0.2, -0.15) is 0 Å². The van der Waals surface area contributed by atoms with Crippen molar-refractivity contribution < 1.29 is 24.1 Å². The summed E-state index contributed by atoms with van der Waals surface area (Å²) in [5.74, 6) is 1.24. The molecule has 24 heavy (non-hydrogen) atoms. The molecule has 0 heterocycles. The zero-order valence-electron chi connectivity index (χ0n) is 13.7. The maximum Gasteiger partial charge on any atom is 0.303 e. The second-order valence-corrected chi connectivity index (χ2v) is 5.12. The van der Waals surface area contributed by atoms with Crippen molar-refractivity contribution in [3.63, 3.8) is 0 Å². The summed E-state index contributed by atoms with van der Waals surface area (Å²) < 4.78 is 16.9. The van der Waals surface area contributed by atoms with E-state index in [0.29, 0.717) is 37.7 Å². The Kier molecular flexibility index (Phi) is 6.95. The molecule has 0 saturated carbocycles. The van der Waals surface area contributed by atoms with Gasteiger partial charge in [0, 0.05) is 6.42 Å². The lowest BCUT2D eigenvalue weighted by Crippen LogP contribution is -2.10. The molecule has 0 amide bonds. The number of benzene rings is 2. The average molecular weight is 330 g/mol. The lowest BCUT2D eigenvalue weighted by molar-refractivity contribution is -0.136. The van der Waals surface area contributed by atoms with Gasteiger partial charge in [-0.1, -0.05) is 24.3 Å². The van der Waals surface area contributed by atoms with Gasteiger partial charge in [0.15, 0.2) is 11.5 Å². The van der Waals surface area contributed by atoms with Crippen LogP contribution in [0.5, 0.6) is 17.2 Å². The number of carboxylic acids is 1. The highest BCUT2D eigenvalue weighted by Crippen LogP contribution is 2.29. The average Bonchev–Trinajstić information content (AvgIpc) is 2.59. The van der Waals surface area contributed by atoms with Gasteiger partial charge in [-0.3, -0.25) is 4.79 Å². The lowest BCUT2D eigenvalue weighted by Gasteiger charge is -2.13. The van der Waals surface area contributed by atoms with E-state index in [1.54, 1.807) is 0 Å². The molecule has 0 unspecified atom stereocenters. The zero-order valence-corrected chi connectivity index (χ0v) is 13.7. The summed E-state index contributed by atoms with van der Waals surface area (Å²) in [6, 6.07) is 15.1. The first kappa shape index (κ1) is 17.7. The van der Waals surface area contributed by atoms with Gasteiger partial charge in [-0.25, -0.2) is 0 Å². The van der Waals surface area contributed by atoms with Crippen LogP contribution in [0.25, 0.3) is 0 Å². The third-order valence-electron chi connectivity index (χ3n) is 3.29. The minimum absolute atomic E-state index is 0.0939. The van der Waals surface area contributed by atoms with Crippen LogP contribution in [0.3, 0.4) is 0 Å². The molecular weight excluding hydrogens is 308 g/mol. The molecule has 0 saturated heterocycles. The third kappa shape index (κ3) is 5.83. The number of carbonyl (C=O) groups is 1. The molecule has 2 aromatic carbocycles. The molecule has 0 aromatic heterocycles. The minimum atomic E-state index is -0.814. The van der Waals surface area contributed by atoms with Gasteiger partial charge in [0.2, 0.25) is 0 Å². The van der Waals surface area contributed by atoms with E-state index in [4.69, 9.17) is 19.3 Å². The summed E-state index contributed by atoms with van der Waals surface area (Å²) in [5.41, 5.74) is 0.911. The summed E-state index contributed by atoms with van der Waals surface area (Å²) in [6.07, 6.45) is 0.559. The Morgan fingerprint density at radius 1 is 0.958 bits per heavy atom. The van der Waals surface area contributed by atoms with E-state index in [0.717, 1.165) is 11.3 Å². The SMILES string of the molecule is CCOc1cc(CCC(=O)O)ccc1OCCOc1ccccc1. The van der Waals surface area contributed by atoms with E-state index in [9.17, 15) is 4.79 Å². The zero-order chi connectivity index (χ0) is 17.2. The molecule has 2 aromatic rings. The van der Waals surface area contributed by atoms with E-state index in [1.165, 1.54) is 0 Å². The molecule has 0 spiro atoms. The Bertz CT molecular complexity index is 639. The fraction of sp³-hybridized carbons (Fsp3) is 0.316. The highest BCUT2D eigenvalue weighted by atomic mass is 16.5. The molecule has 0 aliphatic rings. The second-order valence-electron chi connectivity index (χ2n) is 5.12. The predicted molar refractivity (Wildman–Crippen MR) is 91.0 cm³/mol. The molecule has 0 atom stereocenters. The van der Waals surface area contributed by atoms with Crippen molar-refractivity contribution in [3.8, 4) is 17.2 Å². The van der Waals surface area contributed by atoms with Crippen molar-refractivity contribution in [2.45, 2.75) is 19.8 Å². The second kappa shape index (κ2) is 9.45. The maximum absolute atomic E-state index is 10.7. The van der Waals surface area contributed by atoms with E-state index in [-0.39, 0.29) is 6.42 Å². The first-order valence-corrected chi connectivity index (χ1v) is 7.97. The van der Waals surface area contributed by atoms with Gasteiger partial charge in [0.25, 0.3) is 0 Å². The molecule has 0 aliphatic heterocycles. The monoisotopic (exact) mass is 330 g/mol. The predicted octanol–water partition coefficient (Wildman–Crippen LogP) is 3.56. The van der Waals surface area contributed by atoms with Crippen LogP contribution in [0.1, 0.15) is 18.9 Å². The van der Waals surface area contributed by atoms with Crippen molar-refractivity contribution in [2.75, 3.05) is 19.8 Å². The Balaban J connectivity index is 1.89. The molecule has 0 aliphatic carbocycles. The maximum atomic E-state index is 10.7. The van der Waals surface area contributed by atoms with Crippen LogP contribution in [0.4, 0.5) is 0 Å². The van der Waals surface area contributed by atoms with Crippen LogP contribution in [-0.4, -0.2) is 30.9 Å². The van der Waals surface area contributed by atoms with Crippen LogP contribution < -0.4 is 14.2 Å². The van der Waals surface area contributed by atoms with Crippen LogP contribution in [0, 0.1) is 0 Å². The Labute approximate surface area is 141 Å². The first-order chi connectivity index (χ1) is 11.7. The molecule has 5 heteroatoms. The van der Waals surface area contributed by atoms with Crippen LogP contribution in [-0.2, 0) is 11.2 Å². The van der Waals surface area contributed by atoms with Crippen molar-refractivity contribution in [1.82, 2.24) is 0 Å². The van der Waals surface area contributed by atoms with Gasteiger partial charge < -0.3 is 19.3 Å². The molecule has 0 radical (unpaired) electrons. The normalized spacial score (nSPS) is 10.2. The quantitative estimate of drug-likeness (QED) is 0.675. The summed E-state index contributed by atoms with van der Waals surface area (Å²) >= 11 is 0. The number of carboxylic acid groups (broad SMARTS) is 1. The highest BCUT2D eigenvalue weighted by Gasteiger charge is 2.08. The number of aryl methyl sites for hydroxylation is 1. The van der Waals surface area contributed by atoms with Crippen molar-refractivity contribution in [1.29, 1.82) is 0 Å². The number of ether oxygens (including phenoxy) is 3. The lowest BCUT2D eigenvalue weighted by atomic mass is 10.1. The standard InChI is InChI=1S/C19H22O5/c1-2-22-18-14-15(9-11-19(20)21)8-10-17(18)24-13-12-23-16-6-4-3-5-7-16/h3-8,10,14H,2,9,11-13H2,1H3,(H,20,21). The fourth-order valence-corrected chi connectivity index (χ4v) is 2.17. The number of aliphatic carboxylic acids is 1. The van der Waals surface area contributed by atoms with Crippen molar-refractivity contribution in [3.05, 3.63) is 54.1 Å².